The second-order valence-corrected chi connectivity index (χ2v) is 11.9. The number of benzene rings is 2. The summed E-state index contributed by atoms with van der Waals surface area (Å²) in [7, 11) is -3.97. The summed E-state index contributed by atoms with van der Waals surface area (Å²) in [5.74, 6) is 1.59. The number of fused-ring (bicyclic) bond motifs is 1. The number of aliphatic hydroxyl groups excluding tert-OH is 1. The fraction of sp³-hybridized carbons (Fsp3) is 0.414. The minimum Gasteiger partial charge on any atom is -0.493 e. The number of aromatic nitrogens is 4. The van der Waals surface area contributed by atoms with E-state index in [1.807, 2.05) is 13.8 Å². The molecule has 1 aliphatic carbocycles. The van der Waals surface area contributed by atoms with Crippen molar-refractivity contribution in [3.63, 3.8) is 0 Å². The van der Waals surface area contributed by atoms with Crippen LogP contribution in [0.1, 0.15) is 68.4 Å². The molecule has 2 aromatic carbocycles. The molecule has 212 valence electrons. The maximum Gasteiger partial charge on any atom is 0.277 e. The Hall–Kier alpha value is -3.70. The Morgan fingerprint density at radius 2 is 1.82 bits per heavy atom. The van der Waals surface area contributed by atoms with Crippen molar-refractivity contribution in [2.24, 2.45) is 0 Å². The normalized spacial score (nSPS) is 14.8. The number of hydrogen-bond acceptors (Lipinski definition) is 7. The molecule has 0 aliphatic heterocycles. The molecule has 40 heavy (non-hydrogen) atoms. The molecule has 10 nitrogen and oxygen atoms in total. The SMILES string of the molecule is CCOc1ccc(S(=O)(=O)Nc2ccc(CCO)cc2)cc1-c1nn2c(C3CCCCCC3)nc(C)c2c(=O)[nH]1. The molecule has 2 heterocycles. The molecule has 1 fully saturated rings. The van der Waals surface area contributed by atoms with Gasteiger partial charge in [-0.15, -0.1) is 5.10 Å². The first-order chi connectivity index (χ1) is 19.3. The topological polar surface area (TPSA) is 139 Å². The highest BCUT2D eigenvalue weighted by molar-refractivity contribution is 7.92. The van der Waals surface area contributed by atoms with Gasteiger partial charge < -0.3 is 14.8 Å². The van der Waals surface area contributed by atoms with E-state index in [2.05, 4.69) is 9.71 Å². The number of anilines is 1. The largest absolute Gasteiger partial charge is 0.493 e. The number of aromatic amines is 1. The number of nitrogens with zero attached hydrogens (tertiary/aromatic N) is 3. The van der Waals surface area contributed by atoms with Crippen LogP contribution in [0.15, 0.2) is 52.2 Å². The molecule has 0 atom stereocenters. The zero-order valence-corrected chi connectivity index (χ0v) is 23.6. The number of nitrogens with one attached hydrogen (secondary N) is 2. The van der Waals surface area contributed by atoms with Crippen molar-refractivity contribution < 1.29 is 18.3 Å². The maximum absolute atomic E-state index is 13.3. The van der Waals surface area contributed by atoms with Gasteiger partial charge >= 0.3 is 0 Å². The van der Waals surface area contributed by atoms with Gasteiger partial charge in [0.1, 0.15) is 11.6 Å². The van der Waals surface area contributed by atoms with E-state index in [1.54, 1.807) is 34.8 Å². The van der Waals surface area contributed by atoms with E-state index in [9.17, 15) is 13.2 Å². The third kappa shape index (κ3) is 5.75. The molecular formula is C29H35N5O5S. The van der Waals surface area contributed by atoms with Crippen molar-refractivity contribution in [3.05, 3.63) is 69.9 Å². The lowest BCUT2D eigenvalue weighted by Crippen LogP contribution is -2.17. The number of hydrogen-bond donors (Lipinski definition) is 3. The molecule has 11 heteroatoms. The van der Waals surface area contributed by atoms with Crippen molar-refractivity contribution in [1.29, 1.82) is 0 Å². The summed E-state index contributed by atoms with van der Waals surface area (Å²) in [6, 6.07) is 11.3. The standard InChI is InChI=1S/C29H35N5O5S/c1-3-39-25-15-14-23(40(37,38)33-22-12-10-20(11-13-22)16-17-35)18-24(25)27-31-29(36)26-19(2)30-28(34(26)32-27)21-8-6-4-5-7-9-21/h10-15,18,21,33,35H,3-9,16-17H2,1-2H3,(H,31,32,36). The van der Waals surface area contributed by atoms with E-state index >= 15 is 0 Å². The fourth-order valence-electron chi connectivity index (χ4n) is 5.34. The van der Waals surface area contributed by atoms with Crippen LogP contribution < -0.4 is 15.0 Å². The van der Waals surface area contributed by atoms with Gasteiger partial charge in [0.05, 0.1) is 22.8 Å². The summed E-state index contributed by atoms with van der Waals surface area (Å²) >= 11 is 0. The summed E-state index contributed by atoms with van der Waals surface area (Å²) < 4.78 is 36.7. The number of aliphatic hydroxyl groups is 1. The van der Waals surface area contributed by atoms with Gasteiger partial charge in [0.25, 0.3) is 15.6 Å². The smallest absolute Gasteiger partial charge is 0.277 e. The molecule has 0 spiro atoms. The Bertz CT molecular complexity index is 1650. The molecule has 1 saturated carbocycles. The second kappa shape index (κ2) is 11.8. The van der Waals surface area contributed by atoms with E-state index in [0.29, 0.717) is 41.2 Å². The van der Waals surface area contributed by atoms with Gasteiger partial charge in [0.15, 0.2) is 11.3 Å². The van der Waals surface area contributed by atoms with Gasteiger partial charge in [-0.1, -0.05) is 37.8 Å². The lowest BCUT2D eigenvalue weighted by Gasteiger charge is -2.15. The molecule has 0 bridgehead atoms. The van der Waals surface area contributed by atoms with Gasteiger partial charge in [-0.05, 0) is 69.0 Å². The number of ether oxygens (including phenoxy) is 1. The Balaban J connectivity index is 1.57. The molecule has 5 rings (SSSR count). The monoisotopic (exact) mass is 565 g/mol. The highest BCUT2D eigenvalue weighted by Gasteiger charge is 2.25. The minimum absolute atomic E-state index is 0.000984. The number of sulfonamides is 1. The maximum atomic E-state index is 13.3. The van der Waals surface area contributed by atoms with Crippen LogP contribution in [0.3, 0.4) is 0 Å². The Labute approximate surface area is 233 Å². The highest BCUT2D eigenvalue weighted by Crippen LogP contribution is 2.33. The molecule has 2 aromatic heterocycles. The van der Waals surface area contributed by atoms with Crippen LogP contribution in [-0.2, 0) is 16.4 Å². The first-order valence-corrected chi connectivity index (χ1v) is 15.3. The Morgan fingerprint density at radius 1 is 1.10 bits per heavy atom. The molecule has 0 amide bonds. The summed E-state index contributed by atoms with van der Waals surface area (Å²) in [6.45, 7) is 4.01. The van der Waals surface area contributed by atoms with Gasteiger partial charge in [-0.3, -0.25) is 9.52 Å². The third-order valence-electron chi connectivity index (χ3n) is 7.34. The van der Waals surface area contributed by atoms with Crippen molar-refractivity contribution in [3.8, 4) is 17.1 Å². The molecule has 0 radical (unpaired) electrons. The van der Waals surface area contributed by atoms with E-state index in [4.69, 9.17) is 19.9 Å². The number of rotatable bonds is 9. The van der Waals surface area contributed by atoms with Gasteiger partial charge in [0.2, 0.25) is 0 Å². The van der Waals surface area contributed by atoms with Crippen LogP contribution in [0.5, 0.6) is 5.75 Å². The number of imidazole rings is 1. The fourth-order valence-corrected chi connectivity index (χ4v) is 6.43. The summed E-state index contributed by atoms with van der Waals surface area (Å²) in [5, 5.41) is 13.9. The Morgan fingerprint density at radius 3 is 2.50 bits per heavy atom. The molecule has 0 saturated heterocycles. The van der Waals surface area contributed by atoms with Crippen LogP contribution in [0, 0.1) is 6.92 Å². The molecule has 4 aromatic rings. The van der Waals surface area contributed by atoms with Crippen molar-refractivity contribution in [2.45, 2.75) is 69.6 Å². The summed E-state index contributed by atoms with van der Waals surface area (Å²) in [6.07, 6.45) is 7.08. The lowest BCUT2D eigenvalue weighted by molar-refractivity contribution is 0.299. The van der Waals surface area contributed by atoms with Crippen LogP contribution in [0.4, 0.5) is 5.69 Å². The second-order valence-electron chi connectivity index (χ2n) is 10.2. The average molecular weight is 566 g/mol. The van der Waals surface area contributed by atoms with Gasteiger partial charge in [-0.25, -0.2) is 17.9 Å². The summed E-state index contributed by atoms with van der Waals surface area (Å²) in [5.41, 5.74) is 2.34. The van der Waals surface area contributed by atoms with E-state index in [-0.39, 0.29) is 28.8 Å². The van der Waals surface area contributed by atoms with Crippen molar-refractivity contribution in [1.82, 2.24) is 19.6 Å². The quantitative estimate of drug-likeness (QED) is 0.253. The minimum atomic E-state index is -3.97. The van der Waals surface area contributed by atoms with E-state index in [0.717, 1.165) is 37.1 Å². The zero-order chi connectivity index (χ0) is 28.3. The predicted molar refractivity (Wildman–Crippen MR) is 153 cm³/mol. The lowest BCUT2D eigenvalue weighted by atomic mass is 10.00. The predicted octanol–water partition coefficient (Wildman–Crippen LogP) is 4.57. The molecular weight excluding hydrogens is 530 g/mol. The van der Waals surface area contributed by atoms with Crippen LogP contribution >= 0.6 is 0 Å². The van der Waals surface area contributed by atoms with Crippen LogP contribution in [-0.4, -0.2) is 46.3 Å². The van der Waals surface area contributed by atoms with E-state index < -0.39 is 10.0 Å². The van der Waals surface area contributed by atoms with Crippen molar-refractivity contribution in [2.75, 3.05) is 17.9 Å². The first-order valence-electron chi connectivity index (χ1n) is 13.8. The van der Waals surface area contributed by atoms with E-state index in [1.165, 1.54) is 25.0 Å². The average Bonchev–Trinajstić information content (AvgIpc) is 3.09. The highest BCUT2D eigenvalue weighted by atomic mass is 32.2. The Kier molecular flexibility index (Phi) is 8.22. The molecule has 3 N–H and O–H groups in total. The van der Waals surface area contributed by atoms with Crippen molar-refractivity contribution >= 4 is 21.2 Å². The molecule has 1 aliphatic rings. The van der Waals surface area contributed by atoms with Gasteiger partial charge in [0, 0.05) is 18.2 Å². The third-order valence-corrected chi connectivity index (χ3v) is 8.72. The number of H-pyrrole nitrogens is 1. The summed E-state index contributed by atoms with van der Waals surface area (Å²) in [4.78, 5) is 20.9. The zero-order valence-electron chi connectivity index (χ0n) is 22.8. The molecule has 0 unspecified atom stereocenters. The van der Waals surface area contributed by atoms with Gasteiger partial charge in [-0.2, -0.15) is 0 Å². The van der Waals surface area contributed by atoms with Crippen LogP contribution in [0.25, 0.3) is 16.9 Å². The first kappa shape index (κ1) is 27.9. The van der Waals surface area contributed by atoms with Crippen LogP contribution in [0.2, 0.25) is 0 Å². The number of aryl methyl sites for hydroxylation is 1.